The van der Waals surface area contributed by atoms with Gasteiger partial charge in [0.2, 0.25) is 11.8 Å². The Bertz CT molecular complexity index is 192. The number of hydrogen-bond acceptors (Lipinski definition) is 3. The summed E-state index contributed by atoms with van der Waals surface area (Å²) in [6.45, 7) is 2.08. The molecule has 0 bridgehead atoms. The third-order valence-corrected chi connectivity index (χ3v) is 1.82. The van der Waals surface area contributed by atoms with E-state index < -0.39 is 11.4 Å². The normalized spacial score (nSPS) is 31.2. The summed E-state index contributed by atoms with van der Waals surface area (Å²) in [4.78, 5) is 21.4. The average Bonchev–Trinajstić information content (AvgIpc) is 1.95. The Kier molecular flexibility index (Phi) is 1.82. The highest BCUT2D eigenvalue weighted by Gasteiger charge is 2.34. The number of carbonyl (C=O) groups excluding carboxylic acids is 2. The van der Waals surface area contributed by atoms with Gasteiger partial charge in [0.05, 0.1) is 6.54 Å². The van der Waals surface area contributed by atoms with Crippen molar-refractivity contribution < 1.29 is 9.59 Å². The van der Waals surface area contributed by atoms with Crippen LogP contribution < -0.4 is 16.4 Å². The van der Waals surface area contributed by atoms with Gasteiger partial charge in [-0.1, -0.05) is 0 Å². The van der Waals surface area contributed by atoms with Crippen LogP contribution in [0.5, 0.6) is 0 Å². The molecule has 0 aromatic heterocycles. The van der Waals surface area contributed by atoms with Crippen molar-refractivity contribution in [3.8, 4) is 0 Å². The van der Waals surface area contributed by atoms with Gasteiger partial charge in [0.15, 0.2) is 0 Å². The van der Waals surface area contributed by atoms with Gasteiger partial charge in [0.25, 0.3) is 0 Å². The quantitative estimate of drug-likeness (QED) is 0.409. The zero-order chi connectivity index (χ0) is 8.48. The van der Waals surface area contributed by atoms with Crippen molar-refractivity contribution in [2.75, 3.05) is 13.1 Å². The van der Waals surface area contributed by atoms with E-state index in [9.17, 15) is 9.59 Å². The highest BCUT2D eigenvalue weighted by molar-refractivity contribution is 5.88. The lowest BCUT2D eigenvalue weighted by molar-refractivity contribution is -0.128. The molecule has 1 heterocycles. The first-order valence-corrected chi connectivity index (χ1v) is 3.36. The zero-order valence-corrected chi connectivity index (χ0v) is 6.31. The Hall–Kier alpha value is -1.10. The molecule has 0 aromatic rings. The summed E-state index contributed by atoms with van der Waals surface area (Å²) in [6.07, 6.45) is 0. The van der Waals surface area contributed by atoms with E-state index in [-0.39, 0.29) is 19.0 Å². The van der Waals surface area contributed by atoms with Gasteiger partial charge in [-0.3, -0.25) is 14.9 Å². The molecule has 5 heteroatoms. The summed E-state index contributed by atoms with van der Waals surface area (Å²) in [5, 5.41) is 5.31. The number of primary amides is 1. The largest absolute Gasteiger partial charge is 0.368 e. The summed E-state index contributed by atoms with van der Waals surface area (Å²) in [5.74, 6) is -0.554. The van der Waals surface area contributed by atoms with Crippen LogP contribution in [0.2, 0.25) is 0 Å². The van der Waals surface area contributed by atoms with Crippen molar-refractivity contribution in [2.24, 2.45) is 5.73 Å². The molecule has 1 atom stereocenters. The van der Waals surface area contributed by atoms with Crippen LogP contribution in [-0.4, -0.2) is 30.4 Å². The highest BCUT2D eigenvalue weighted by Crippen LogP contribution is 2.03. The van der Waals surface area contributed by atoms with E-state index in [1.165, 1.54) is 0 Å². The van der Waals surface area contributed by atoms with Crippen LogP contribution in [0.4, 0.5) is 0 Å². The molecule has 0 aliphatic carbocycles. The minimum atomic E-state index is -0.784. The second-order valence-electron chi connectivity index (χ2n) is 2.83. The number of rotatable bonds is 1. The van der Waals surface area contributed by atoms with Crippen LogP contribution in [0.25, 0.3) is 0 Å². The molecule has 1 rings (SSSR count). The molecule has 1 aliphatic heterocycles. The third-order valence-electron chi connectivity index (χ3n) is 1.82. The van der Waals surface area contributed by atoms with E-state index in [0.717, 1.165) is 0 Å². The van der Waals surface area contributed by atoms with E-state index in [1.54, 1.807) is 6.92 Å². The summed E-state index contributed by atoms with van der Waals surface area (Å²) in [5.41, 5.74) is 4.31. The van der Waals surface area contributed by atoms with Crippen molar-refractivity contribution in [1.29, 1.82) is 0 Å². The molecule has 1 unspecified atom stereocenters. The van der Waals surface area contributed by atoms with Crippen LogP contribution in [-0.2, 0) is 9.59 Å². The highest BCUT2D eigenvalue weighted by atomic mass is 16.2. The van der Waals surface area contributed by atoms with Crippen LogP contribution in [0.1, 0.15) is 6.92 Å². The molecule has 5 nitrogen and oxygen atoms in total. The fourth-order valence-electron chi connectivity index (χ4n) is 0.850. The third kappa shape index (κ3) is 1.48. The molecule has 1 aliphatic rings. The molecular formula is C6H11N3O2. The van der Waals surface area contributed by atoms with Crippen LogP contribution in [0, 0.1) is 0 Å². The Labute approximate surface area is 64.3 Å². The standard InChI is InChI=1S/C6H11N3O2/c1-6(5(7)11)3-8-4(10)2-9-6/h9H,2-3H2,1H3,(H2,7,11)(H,8,10). The fourth-order valence-corrected chi connectivity index (χ4v) is 0.850. The molecule has 0 saturated carbocycles. The Morgan fingerprint density at radius 3 is 2.73 bits per heavy atom. The molecule has 2 amide bonds. The van der Waals surface area contributed by atoms with Gasteiger partial charge in [-0.05, 0) is 6.92 Å². The molecule has 1 fully saturated rings. The van der Waals surface area contributed by atoms with Gasteiger partial charge in [-0.2, -0.15) is 0 Å². The SMILES string of the molecule is CC1(C(N)=O)CNC(=O)CN1. The van der Waals surface area contributed by atoms with Gasteiger partial charge < -0.3 is 11.1 Å². The van der Waals surface area contributed by atoms with Crippen molar-refractivity contribution in [2.45, 2.75) is 12.5 Å². The molecule has 0 aromatic carbocycles. The van der Waals surface area contributed by atoms with Gasteiger partial charge in [-0.15, -0.1) is 0 Å². The number of nitrogens with one attached hydrogen (secondary N) is 2. The summed E-state index contributed by atoms with van der Waals surface area (Å²) in [6, 6.07) is 0. The second-order valence-corrected chi connectivity index (χ2v) is 2.83. The molecule has 0 radical (unpaired) electrons. The number of hydrogen-bond donors (Lipinski definition) is 3. The van der Waals surface area contributed by atoms with Gasteiger partial charge in [0.1, 0.15) is 5.54 Å². The maximum Gasteiger partial charge on any atom is 0.239 e. The summed E-state index contributed by atoms with van der Waals surface area (Å²) in [7, 11) is 0. The first-order chi connectivity index (χ1) is 5.04. The average molecular weight is 157 g/mol. The maximum atomic E-state index is 10.8. The predicted octanol–water partition coefficient (Wildman–Crippen LogP) is -2.05. The van der Waals surface area contributed by atoms with Crippen LogP contribution in [0.15, 0.2) is 0 Å². The minimum Gasteiger partial charge on any atom is -0.368 e. The minimum absolute atomic E-state index is 0.108. The first kappa shape index (κ1) is 8.00. The van der Waals surface area contributed by atoms with E-state index in [2.05, 4.69) is 10.6 Å². The van der Waals surface area contributed by atoms with Gasteiger partial charge in [0, 0.05) is 6.54 Å². The monoisotopic (exact) mass is 157 g/mol. The Morgan fingerprint density at radius 1 is 1.73 bits per heavy atom. The zero-order valence-electron chi connectivity index (χ0n) is 6.31. The molecule has 62 valence electrons. The van der Waals surface area contributed by atoms with E-state index in [4.69, 9.17) is 5.73 Å². The van der Waals surface area contributed by atoms with E-state index in [1.807, 2.05) is 0 Å². The van der Waals surface area contributed by atoms with Crippen molar-refractivity contribution in [3.05, 3.63) is 0 Å². The molecule has 4 N–H and O–H groups in total. The number of amides is 2. The number of nitrogens with two attached hydrogens (primary N) is 1. The lowest BCUT2D eigenvalue weighted by atomic mass is 10.00. The smallest absolute Gasteiger partial charge is 0.239 e. The van der Waals surface area contributed by atoms with E-state index in [0.29, 0.717) is 0 Å². The van der Waals surface area contributed by atoms with E-state index >= 15 is 0 Å². The van der Waals surface area contributed by atoms with Crippen molar-refractivity contribution in [3.63, 3.8) is 0 Å². The Morgan fingerprint density at radius 2 is 2.36 bits per heavy atom. The van der Waals surface area contributed by atoms with Crippen molar-refractivity contribution >= 4 is 11.8 Å². The molecular weight excluding hydrogens is 146 g/mol. The van der Waals surface area contributed by atoms with Gasteiger partial charge in [-0.25, -0.2) is 0 Å². The lowest BCUT2D eigenvalue weighted by Crippen LogP contribution is -2.65. The Balaban J connectivity index is 2.62. The number of piperazine rings is 1. The first-order valence-electron chi connectivity index (χ1n) is 3.36. The van der Waals surface area contributed by atoms with Crippen LogP contribution in [0.3, 0.4) is 0 Å². The lowest BCUT2D eigenvalue weighted by Gasteiger charge is -2.31. The van der Waals surface area contributed by atoms with Gasteiger partial charge >= 0.3 is 0 Å². The van der Waals surface area contributed by atoms with Crippen LogP contribution >= 0.6 is 0 Å². The number of carbonyl (C=O) groups is 2. The predicted molar refractivity (Wildman–Crippen MR) is 38.6 cm³/mol. The molecule has 1 saturated heterocycles. The summed E-state index contributed by atoms with van der Waals surface area (Å²) >= 11 is 0. The second kappa shape index (κ2) is 2.50. The maximum absolute atomic E-state index is 10.8. The summed E-state index contributed by atoms with van der Waals surface area (Å²) < 4.78 is 0. The molecule has 0 spiro atoms. The topological polar surface area (TPSA) is 84.2 Å². The molecule has 11 heavy (non-hydrogen) atoms. The van der Waals surface area contributed by atoms with Crippen molar-refractivity contribution in [1.82, 2.24) is 10.6 Å². The fraction of sp³-hybridized carbons (Fsp3) is 0.667.